The number of rotatable bonds is 3. The topological polar surface area (TPSA) is 34.9 Å². The number of nitrogens with zero attached hydrogens (tertiary/aromatic N) is 2. The standard InChI is InChI=1S/C18H16N2OS2/c1-12-6-8-14(9-7-12)22-10-13-11-23-18-19-17(21)15-4-2-3-5-16(15)20(13)18/h2-9,13H,10-11H2,1H3/t13-/m0/s1. The van der Waals surface area contributed by atoms with Crippen molar-refractivity contribution in [2.45, 2.75) is 23.0 Å². The Hall–Kier alpha value is -1.72. The van der Waals surface area contributed by atoms with Crippen LogP contribution in [-0.4, -0.2) is 21.1 Å². The Balaban J connectivity index is 1.66. The van der Waals surface area contributed by atoms with Crippen molar-refractivity contribution in [1.29, 1.82) is 0 Å². The van der Waals surface area contributed by atoms with Crippen LogP contribution in [0.15, 0.2) is 63.4 Å². The molecule has 0 amide bonds. The predicted octanol–water partition coefficient (Wildman–Crippen LogP) is 4.14. The molecule has 5 heteroatoms. The molecule has 0 saturated carbocycles. The van der Waals surface area contributed by atoms with Crippen molar-refractivity contribution in [3.8, 4) is 0 Å². The molecular weight excluding hydrogens is 324 g/mol. The van der Waals surface area contributed by atoms with Gasteiger partial charge in [-0.25, -0.2) is 0 Å². The molecule has 0 N–H and O–H groups in total. The number of hydrogen-bond donors (Lipinski definition) is 0. The first-order valence-electron chi connectivity index (χ1n) is 7.56. The van der Waals surface area contributed by atoms with E-state index in [0.717, 1.165) is 22.2 Å². The smallest absolute Gasteiger partial charge is 0.281 e. The highest BCUT2D eigenvalue weighted by Crippen LogP contribution is 2.37. The van der Waals surface area contributed by atoms with Crippen molar-refractivity contribution in [3.05, 3.63) is 64.4 Å². The summed E-state index contributed by atoms with van der Waals surface area (Å²) in [6, 6.07) is 16.8. The number of fused-ring (bicyclic) bond motifs is 3. The molecule has 0 unspecified atom stereocenters. The van der Waals surface area contributed by atoms with Gasteiger partial charge < -0.3 is 4.57 Å². The average Bonchev–Trinajstić information content (AvgIpc) is 2.98. The highest BCUT2D eigenvalue weighted by molar-refractivity contribution is 8.00. The van der Waals surface area contributed by atoms with E-state index in [0.29, 0.717) is 11.4 Å². The first kappa shape index (κ1) is 14.8. The summed E-state index contributed by atoms with van der Waals surface area (Å²) in [6.07, 6.45) is 0. The maximum atomic E-state index is 12.1. The van der Waals surface area contributed by atoms with Crippen LogP contribution in [-0.2, 0) is 0 Å². The first-order valence-corrected chi connectivity index (χ1v) is 9.53. The quantitative estimate of drug-likeness (QED) is 0.530. The molecule has 116 valence electrons. The molecular formula is C18H16N2OS2. The molecule has 3 aromatic rings. The third-order valence-corrected chi connectivity index (χ3v) is 6.29. The van der Waals surface area contributed by atoms with Crippen molar-refractivity contribution in [2.24, 2.45) is 0 Å². The number of aryl methyl sites for hydroxylation is 1. The average molecular weight is 340 g/mol. The Morgan fingerprint density at radius 3 is 2.83 bits per heavy atom. The van der Waals surface area contributed by atoms with Crippen LogP contribution in [0.3, 0.4) is 0 Å². The van der Waals surface area contributed by atoms with E-state index in [1.165, 1.54) is 10.5 Å². The molecule has 1 aliphatic heterocycles. The van der Waals surface area contributed by atoms with Crippen LogP contribution in [0.25, 0.3) is 10.9 Å². The fourth-order valence-electron chi connectivity index (χ4n) is 2.82. The maximum Gasteiger partial charge on any atom is 0.281 e. The summed E-state index contributed by atoms with van der Waals surface area (Å²) < 4.78 is 2.24. The van der Waals surface area contributed by atoms with Gasteiger partial charge in [0.05, 0.1) is 16.9 Å². The minimum Gasteiger partial charge on any atom is -0.315 e. The molecule has 2 heterocycles. The highest BCUT2D eigenvalue weighted by atomic mass is 32.2. The van der Waals surface area contributed by atoms with Gasteiger partial charge in [-0.1, -0.05) is 41.6 Å². The summed E-state index contributed by atoms with van der Waals surface area (Å²) in [5.74, 6) is 1.96. The van der Waals surface area contributed by atoms with E-state index >= 15 is 0 Å². The number of hydrogen-bond acceptors (Lipinski definition) is 4. The molecule has 2 aromatic carbocycles. The van der Waals surface area contributed by atoms with Crippen molar-refractivity contribution < 1.29 is 0 Å². The molecule has 0 radical (unpaired) electrons. The van der Waals surface area contributed by atoms with Crippen LogP contribution in [0.4, 0.5) is 0 Å². The second-order valence-corrected chi connectivity index (χ2v) is 7.76. The van der Waals surface area contributed by atoms with Crippen LogP contribution in [0, 0.1) is 6.92 Å². The Morgan fingerprint density at radius 1 is 1.22 bits per heavy atom. The summed E-state index contributed by atoms with van der Waals surface area (Å²) in [5, 5.41) is 1.56. The lowest BCUT2D eigenvalue weighted by molar-refractivity contribution is 0.591. The van der Waals surface area contributed by atoms with E-state index in [2.05, 4.69) is 40.7 Å². The number of aromatic nitrogens is 2. The summed E-state index contributed by atoms with van der Waals surface area (Å²) in [5.41, 5.74) is 2.16. The molecule has 3 nitrogen and oxygen atoms in total. The van der Waals surface area contributed by atoms with Crippen LogP contribution in [0.5, 0.6) is 0 Å². The van der Waals surface area contributed by atoms with Gasteiger partial charge in [0.1, 0.15) is 0 Å². The molecule has 23 heavy (non-hydrogen) atoms. The third-order valence-electron chi connectivity index (χ3n) is 4.03. The third kappa shape index (κ3) is 2.79. The fourth-order valence-corrected chi connectivity index (χ4v) is 5.09. The molecule has 0 fully saturated rings. The van der Waals surface area contributed by atoms with E-state index < -0.39 is 0 Å². The van der Waals surface area contributed by atoms with Gasteiger partial charge in [-0.05, 0) is 31.2 Å². The molecule has 0 saturated heterocycles. The molecule has 0 bridgehead atoms. The van der Waals surface area contributed by atoms with Crippen LogP contribution in [0.2, 0.25) is 0 Å². The van der Waals surface area contributed by atoms with Gasteiger partial charge in [0.15, 0.2) is 5.16 Å². The lowest BCUT2D eigenvalue weighted by Crippen LogP contribution is -2.17. The second kappa shape index (κ2) is 6.06. The number of benzene rings is 2. The summed E-state index contributed by atoms with van der Waals surface area (Å²) in [6.45, 7) is 2.10. The van der Waals surface area contributed by atoms with Crippen LogP contribution < -0.4 is 5.56 Å². The SMILES string of the molecule is Cc1ccc(SC[C@H]2CSc3nc(=O)c4ccccc4n32)cc1. The van der Waals surface area contributed by atoms with E-state index in [4.69, 9.17) is 0 Å². The zero-order valence-corrected chi connectivity index (χ0v) is 14.4. The molecule has 0 aliphatic carbocycles. The van der Waals surface area contributed by atoms with Gasteiger partial charge in [0.2, 0.25) is 0 Å². The van der Waals surface area contributed by atoms with Crippen molar-refractivity contribution in [3.63, 3.8) is 0 Å². The Kier molecular flexibility index (Phi) is 3.91. The van der Waals surface area contributed by atoms with Crippen molar-refractivity contribution >= 4 is 34.4 Å². The molecule has 4 rings (SSSR count). The van der Waals surface area contributed by atoms with Crippen LogP contribution >= 0.6 is 23.5 Å². The summed E-state index contributed by atoms with van der Waals surface area (Å²) >= 11 is 3.54. The van der Waals surface area contributed by atoms with E-state index in [1.807, 2.05) is 36.0 Å². The van der Waals surface area contributed by atoms with Crippen molar-refractivity contribution in [1.82, 2.24) is 9.55 Å². The molecule has 1 aliphatic rings. The summed E-state index contributed by atoms with van der Waals surface area (Å²) in [4.78, 5) is 17.7. The largest absolute Gasteiger partial charge is 0.315 e. The van der Waals surface area contributed by atoms with Gasteiger partial charge in [0.25, 0.3) is 5.56 Å². The minimum atomic E-state index is -0.119. The predicted molar refractivity (Wildman–Crippen MR) is 97.7 cm³/mol. The van der Waals surface area contributed by atoms with Crippen LogP contribution in [0.1, 0.15) is 11.6 Å². The lowest BCUT2D eigenvalue weighted by atomic mass is 10.2. The minimum absolute atomic E-state index is 0.119. The lowest BCUT2D eigenvalue weighted by Gasteiger charge is -2.16. The normalized spacial score (nSPS) is 16.7. The van der Waals surface area contributed by atoms with Gasteiger partial charge in [-0.15, -0.1) is 11.8 Å². The van der Waals surface area contributed by atoms with Gasteiger partial charge >= 0.3 is 0 Å². The number of thioether (sulfide) groups is 2. The zero-order valence-electron chi connectivity index (χ0n) is 12.7. The molecule has 1 atom stereocenters. The number of para-hydroxylation sites is 1. The Labute approximate surface area is 143 Å². The van der Waals surface area contributed by atoms with E-state index in [-0.39, 0.29) is 5.56 Å². The van der Waals surface area contributed by atoms with Gasteiger partial charge in [0, 0.05) is 16.4 Å². The first-order chi connectivity index (χ1) is 11.2. The Morgan fingerprint density at radius 2 is 2.00 bits per heavy atom. The fraction of sp³-hybridized carbons (Fsp3) is 0.222. The molecule has 1 aromatic heterocycles. The molecule has 0 spiro atoms. The van der Waals surface area contributed by atoms with E-state index in [9.17, 15) is 4.79 Å². The maximum absolute atomic E-state index is 12.1. The Bertz CT molecular complexity index is 918. The highest BCUT2D eigenvalue weighted by Gasteiger charge is 2.25. The second-order valence-electron chi connectivity index (χ2n) is 5.68. The monoisotopic (exact) mass is 340 g/mol. The summed E-state index contributed by atoms with van der Waals surface area (Å²) in [7, 11) is 0. The van der Waals surface area contributed by atoms with Gasteiger partial charge in [-0.3, -0.25) is 4.79 Å². The zero-order chi connectivity index (χ0) is 15.8. The van der Waals surface area contributed by atoms with Gasteiger partial charge in [-0.2, -0.15) is 4.98 Å². The van der Waals surface area contributed by atoms with E-state index in [1.54, 1.807) is 11.8 Å². The van der Waals surface area contributed by atoms with Crippen molar-refractivity contribution in [2.75, 3.05) is 11.5 Å².